The van der Waals surface area contributed by atoms with E-state index in [1.807, 2.05) is 7.05 Å². The van der Waals surface area contributed by atoms with Crippen molar-refractivity contribution < 1.29 is 64.0 Å². The highest BCUT2D eigenvalue weighted by molar-refractivity contribution is 6.23. The number of piperazine rings is 1. The zero-order chi connectivity index (χ0) is 43.7. The lowest BCUT2D eigenvalue weighted by Crippen LogP contribution is -2.46. The number of hydrazone groups is 1. The molecule has 5 bridgehead atoms. The molecule has 0 radical (unpaired) electrons. The van der Waals surface area contributed by atoms with Crippen molar-refractivity contribution in [1.29, 1.82) is 0 Å². The number of likely N-dealkylation sites (N-methyl/N-ethyl adjacent to an activating group) is 1. The molecule has 0 saturated carbocycles. The smallest absolute Gasteiger partial charge is 0.506 e. The van der Waals surface area contributed by atoms with Gasteiger partial charge < -0.3 is 59.8 Å². The number of hydrogen-bond acceptors (Lipinski definition) is 15. The fraction of sp³-hybridized carbons (Fsp3) is 0.524. The van der Waals surface area contributed by atoms with Gasteiger partial charge >= 0.3 is 11.9 Å². The van der Waals surface area contributed by atoms with Crippen LogP contribution in [0.25, 0.3) is 10.8 Å². The number of ether oxygens (including phenoxy) is 4. The summed E-state index contributed by atoms with van der Waals surface area (Å²) in [5.74, 6) is -8.39. The number of anilines is 1. The number of rotatable bonds is 4. The largest absolute Gasteiger partial charge is 0.507 e. The van der Waals surface area contributed by atoms with E-state index in [4.69, 9.17) is 18.9 Å². The predicted molar refractivity (Wildman–Crippen MR) is 218 cm³/mol. The number of ketones is 1. The van der Waals surface area contributed by atoms with Crippen molar-refractivity contribution >= 4 is 40.5 Å². The van der Waals surface area contributed by atoms with E-state index >= 15 is 0 Å². The topological polar surface area (TPSA) is 240 Å². The summed E-state index contributed by atoms with van der Waals surface area (Å²) in [6, 6.07) is 0. The van der Waals surface area contributed by atoms with Gasteiger partial charge in [-0.1, -0.05) is 45.9 Å². The van der Waals surface area contributed by atoms with Gasteiger partial charge in [0.1, 0.15) is 23.4 Å². The van der Waals surface area contributed by atoms with E-state index in [1.165, 1.54) is 46.2 Å². The fourth-order valence-corrected chi connectivity index (χ4v) is 7.85. The number of carboxylic acid groups (broad SMARTS) is 1. The third-order valence-electron chi connectivity index (χ3n) is 11.8. The maximum absolute atomic E-state index is 14.4. The van der Waals surface area contributed by atoms with Crippen molar-refractivity contribution in [2.45, 2.75) is 78.7 Å². The Bertz CT molecular complexity index is 2070. The minimum Gasteiger partial charge on any atom is -0.507 e. The second-order valence-corrected chi connectivity index (χ2v) is 15.9. The SMILES string of the molecule is CO[C@H]1/C=C/O[C@@]2(C)Oc3c(C)c(O)c4c(O)c(c(/C=N\N5CCN(C)CC5)c(O)c4c3C2=O)NC(=O)/C(C)=C\C=C\[C@H](C)[C@H](O)[C@@H](C)[C@@H](O)[C@@H](C)[C@H](OC(=O)O)[C@@H]1C. The number of methoxy groups -OCH3 is 1. The number of phenolic OH excluding ortho intramolecular Hbond substituents is 3. The number of carbonyl (C=O) groups excluding carboxylic acids is 2. The summed E-state index contributed by atoms with van der Waals surface area (Å²) in [5, 5.41) is 76.3. The number of nitrogens with one attached hydrogen (secondary N) is 1. The summed E-state index contributed by atoms with van der Waals surface area (Å²) < 4.78 is 23.0. The number of carbonyl (C=O) groups is 3. The summed E-state index contributed by atoms with van der Waals surface area (Å²) >= 11 is 0. The van der Waals surface area contributed by atoms with Gasteiger partial charge in [0.2, 0.25) is 0 Å². The molecule has 1 fully saturated rings. The lowest BCUT2D eigenvalue weighted by Gasteiger charge is -2.37. The highest BCUT2D eigenvalue weighted by atomic mass is 16.7. The first-order valence-corrected chi connectivity index (χ1v) is 19.5. The van der Waals surface area contributed by atoms with Crippen molar-refractivity contribution in [1.82, 2.24) is 9.91 Å². The minimum absolute atomic E-state index is 0.0323. The molecule has 0 aliphatic carbocycles. The van der Waals surface area contributed by atoms with Crippen LogP contribution in [0.15, 0.2) is 41.2 Å². The number of hydrogen-bond donors (Lipinski definition) is 7. The molecule has 7 N–H and O–H groups in total. The Balaban J connectivity index is 1.70. The molecule has 1 saturated heterocycles. The van der Waals surface area contributed by atoms with Gasteiger partial charge in [-0.15, -0.1) is 0 Å². The second kappa shape index (κ2) is 17.9. The van der Waals surface area contributed by atoms with E-state index in [0.717, 1.165) is 6.26 Å². The van der Waals surface area contributed by atoms with E-state index in [-0.39, 0.29) is 44.5 Å². The number of nitrogens with zero attached hydrogens (tertiary/aromatic N) is 3. The molecule has 6 rings (SSSR count). The van der Waals surface area contributed by atoms with Crippen molar-refractivity contribution in [3.05, 3.63) is 52.8 Å². The number of aliphatic hydroxyl groups is 2. The molecule has 59 heavy (non-hydrogen) atoms. The Morgan fingerprint density at radius 2 is 1.61 bits per heavy atom. The summed E-state index contributed by atoms with van der Waals surface area (Å²) in [5.41, 5.74) is -0.459. The summed E-state index contributed by atoms with van der Waals surface area (Å²) in [7, 11) is 3.35. The van der Waals surface area contributed by atoms with Crippen molar-refractivity contribution in [2.75, 3.05) is 45.7 Å². The fourth-order valence-electron chi connectivity index (χ4n) is 7.85. The zero-order valence-electron chi connectivity index (χ0n) is 34.8. The van der Waals surface area contributed by atoms with Gasteiger partial charge in [-0.2, -0.15) is 5.10 Å². The number of aliphatic hydroxyl groups excluding tert-OH is 2. The lowest BCUT2D eigenvalue weighted by atomic mass is 9.78. The van der Waals surface area contributed by atoms with Crippen LogP contribution >= 0.6 is 0 Å². The molecule has 17 nitrogen and oxygen atoms in total. The van der Waals surface area contributed by atoms with E-state index in [9.17, 15) is 45.0 Å². The van der Waals surface area contributed by atoms with Crippen LogP contribution in [0.2, 0.25) is 0 Å². The monoisotopic (exact) mass is 824 g/mol. The highest BCUT2D eigenvalue weighted by Crippen LogP contribution is 2.55. The molecule has 0 unspecified atom stereocenters. The van der Waals surface area contributed by atoms with Crippen LogP contribution in [-0.4, -0.2) is 135 Å². The first-order valence-electron chi connectivity index (χ1n) is 19.5. The van der Waals surface area contributed by atoms with Crippen LogP contribution in [-0.2, 0) is 19.0 Å². The van der Waals surface area contributed by atoms with Crippen LogP contribution in [0.3, 0.4) is 0 Å². The molecule has 1 amide bonds. The first-order chi connectivity index (χ1) is 27.7. The van der Waals surface area contributed by atoms with Crippen LogP contribution in [0.5, 0.6) is 23.0 Å². The number of amides is 1. The van der Waals surface area contributed by atoms with Gasteiger partial charge in [-0.3, -0.25) is 14.6 Å². The quantitative estimate of drug-likeness (QED) is 0.0975. The molecule has 4 aliphatic rings. The average Bonchev–Trinajstić information content (AvgIpc) is 3.46. The van der Waals surface area contributed by atoms with Gasteiger partial charge in [-0.05, 0) is 27.0 Å². The molecule has 9 atom stereocenters. The van der Waals surface area contributed by atoms with E-state index in [1.54, 1.807) is 44.9 Å². The van der Waals surface area contributed by atoms with Crippen molar-refractivity contribution in [3.8, 4) is 23.0 Å². The number of allylic oxidation sites excluding steroid dienone is 2. The van der Waals surface area contributed by atoms with Gasteiger partial charge in [0.15, 0.2) is 5.75 Å². The Hall–Kier alpha value is -5.36. The van der Waals surface area contributed by atoms with Gasteiger partial charge in [0.05, 0.1) is 53.0 Å². The number of aromatic hydroxyl groups is 3. The second-order valence-electron chi connectivity index (χ2n) is 15.9. The molecule has 2 aromatic rings. The van der Waals surface area contributed by atoms with E-state index in [0.29, 0.717) is 26.2 Å². The van der Waals surface area contributed by atoms with Gasteiger partial charge in [0.25, 0.3) is 11.7 Å². The normalized spacial score (nSPS) is 32.1. The predicted octanol–water partition coefficient (Wildman–Crippen LogP) is 4.47. The molecular weight excluding hydrogens is 768 g/mol. The number of fused-ring (bicyclic) bond motifs is 14. The molecule has 322 valence electrons. The number of benzene rings is 2. The van der Waals surface area contributed by atoms with Gasteiger partial charge in [0, 0.05) is 80.4 Å². The number of phenols is 3. The molecule has 4 heterocycles. The van der Waals surface area contributed by atoms with E-state index < -0.39 is 89.0 Å². The summed E-state index contributed by atoms with van der Waals surface area (Å²) in [6.07, 6.45) is 2.48. The third kappa shape index (κ3) is 8.83. The summed E-state index contributed by atoms with van der Waals surface area (Å²) in [6.45, 7) is 13.4. The Morgan fingerprint density at radius 3 is 2.24 bits per heavy atom. The van der Waals surface area contributed by atoms with Crippen LogP contribution in [0, 0.1) is 30.6 Å². The maximum Gasteiger partial charge on any atom is 0.506 e. The molecule has 0 spiro atoms. The third-order valence-corrected chi connectivity index (χ3v) is 11.8. The van der Waals surface area contributed by atoms with Crippen molar-refractivity contribution in [3.63, 3.8) is 0 Å². The standard InChI is InChI=1S/C42H56N4O13/c1-20-11-10-12-21(2)40(53)44-31-26(19-43-46-16-14-45(8)15-17-46)35(50)28-29(36(31)51)34(49)25(6)38-30(28)39(52)42(7,59-38)57-18-13-27(56-9)22(3)37(58-41(54)55)24(5)33(48)23(4)32(20)47/h10-13,18-20,22-24,27,32-33,37,47-51H,14-17H2,1-9H3,(H,44,53)(H,54,55)/b11-10+,18-13+,21-12-,43-19-/t20-,22+,23+,24+,27-,32-,33+,37+,42-/m0/s1. The van der Waals surface area contributed by atoms with Crippen LogP contribution in [0.1, 0.15) is 63.0 Å². The highest BCUT2D eigenvalue weighted by Gasteiger charge is 2.50. The molecular formula is C42H56N4O13. The lowest BCUT2D eigenvalue weighted by molar-refractivity contribution is -0.112. The first kappa shape index (κ1) is 44.7. The molecule has 0 aromatic heterocycles. The van der Waals surface area contributed by atoms with Crippen molar-refractivity contribution in [2.24, 2.45) is 28.8 Å². The molecule has 4 aliphatic heterocycles. The molecule has 2 aromatic carbocycles. The average molecular weight is 825 g/mol. The molecule has 17 heteroatoms. The number of Topliss-reactive ketones (excluding diaryl/α,β-unsaturated/α-hetero) is 1. The van der Waals surface area contributed by atoms with E-state index in [2.05, 4.69) is 15.3 Å². The Kier molecular flexibility index (Phi) is 13.5. The minimum atomic E-state index is -2.08. The van der Waals surface area contributed by atoms with Crippen LogP contribution < -0.4 is 10.1 Å². The van der Waals surface area contributed by atoms with Gasteiger partial charge in [-0.25, -0.2) is 4.79 Å². The Labute approximate surface area is 342 Å². The van der Waals surface area contributed by atoms with Crippen LogP contribution in [0.4, 0.5) is 10.5 Å². The zero-order valence-corrected chi connectivity index (χ0v) is 34.8. The maximum atomic E-state index is 14.4. The summed E-state index contributed by atoms with van der Waals surface area (Å²) in [4.78, 5) is 42.1. The Morgan fingerprint density at radius 1 is 0.949 bits per heavy atom.